The number of rotatable bonds is 7. The van der Waals surface area contributed by atoms with E-state index in [1.165, 1.54) is 31.7 Å². The maximum atomic E-state index is 11.0. The lowest BCUT2D eigenvalue weighted by molar-refractivity contribution is -0.214. The van der Waals surface area contributed by atoms with E-state index in [0.29, 0.717) is 75.8 Å². The number of halogens is 2. The quantitative estimate of drug-likeness (QED) is 0.0669. The summed E-state index contributed by atoms with van der Waals surface area (Å²) >= 11 is 12.7. The molecule has 0 bridgehead atoms. The van der Waals surface area contributed by atoms with E-state index < -0.39 is 41.7 Å². The zero-order valence-electron chi connectivity index (χ0n) is 27.8. The monoisotopic (exact) mass is 813 g/mol. The highest BCUT2D eigenvalue weighted by atomic mass is 35.5. The first kappa shape index (κ1) is 48.4. The summed E-state index contributed by atoms with van der Waals surface area (Å²) in [5, 5.41) is 31.7. The Kier molecular flexibility index (Phi) is 28.2. The van der Waals surface area contributed by atoms with E-state index >= 15 is 0 Å². The zero-order valence-corrected chi connectivity index (χ0v) is 32.5. The molecule has 5 aliphatic heterocycles. The van der Waals surface area contributed by atoms with Crippen LogP contribution in [0.25, 0.3) is 0 Å². The minimum atomic E-state index is -2.81. The van der Waals surface area contributed by atoms with E-state index in [-0.39, 0.29) is 35.4 Å². The Bertz CT molecular complexity index is 1020. The minimum Gasteiger partial charge on any atom is -0.391 e. The van der Waals surface area contributed by atoms with Gasteiger partial charge in [-0.2, -0.15) is 11.8 Å². The van der Waals surface area contributed by atoms with Crippen molar-refractivity contribution in [1.82, 2.24) is 20.4 Å². The molecule has 16 nitrogen and oxygen atoms in total. The van der Waals surface area contributed by atoms with Gasteiger partial charge >= 0.3 is 0 Å². The Morgan fingerprint density at radius 1 is 0.792 bits per heavy atom. The molecule has 0 aliphatic carbocycles. The van der Waals surface area contributed by atoms with Crippen LogP contribution in [0.1, 0.15) is 0 Å². The molecule has 5 rings (SSSR count). The van der Waals surface area contributed by atoms with Gasteiger partial charge in [-0.1, -0.05) is 0 Å². The van der Waals surface area contributed by atoms with Crippen LogP contribution in [0.2, 0.25) is 0 Å². The van der Waals surface area contributed by atoms with Gasteiger partial charge < -0.3 is 31.3 Å². The van der Waals surface area contributed by atoms with E-state index in [1.807, 2.05) is 21.6 Å². The molecular formula is C26H57Cl2N5O11S4. The van der Waals surface area contributed by atoms with Crippen molar-refractivity contribution in [3.8, 4) is 0 Å². The van der Waals surface area contributed by atoms with E-state index in [1.54, 1.807) is 0 Å². The molecule has 0 aromatic heterocycles. The molecule has 0 spiro atoms. The van der Waals surface area contributed by atoms with E-state index in [9.17, 15) is 35.5 Å². The molecule has 5 aliphatic rings. The fourth-order valence-corrected chi connectivity index (χ4v) is 8.67. The fourth-order valence-electron chi connectivity index (χ4n) is 3.94. The average molecular weight is 815 g/mol. The molecule has 22 heteroatoms. The first-order valence-corrected chi connectivity index (χ1v) is 23.3. The summed E-state index contributed by atoms with van der Waals surface area (Å²) < 4.78 is 70.1. The summed E-state index contributed by atoms with van der Waals surface area (Å²) in [6, 6.07) is 0. The van der Waals surface area contributed by atoms with Crippen LogP contribution in [0, 0.1) is 0 Å². The molecule has 290 valence electrons. The van der Waals surface area contributed by atoms with Crippen LogP contribution < -0.4 is 16.4 Å². The first-order valence-electron chi connectivity index (χ1n) is 15.6. The van der Waals surface area contributed by atoms with Crippen molar-refractivity contribution in [3.63, 3.8) is 0 Å². The minimum absolute atomic E-state index is 0.196. The summed E-state index contributed by atoms with van der Waals surface area (Å²) in [6.45, 7) is 7.78. The molecule has 5 heterocycles. The molecule has 0 aromatic rings. The van der Waals surface area contributed by atoms with Crippen molar-refractivity contribution in [2.24, 2.45) is 5.73 Å². The second kappa shape index (κ2) is 28.0. The van der Waals surface area contributed by atoms with Gasteiger partial charge in [-0.25, -0.2) is 30.1 Å². The highest BCUT2D eigenvalue weighted by molar-refractivity contribution is 7.99. The summed E-state index contributed by atoms with van der Waals surface area (Å²) in [7, 11) is -7.09. The van der Waals surface area contributed by atoms with Crippen molar-refractivity contribution in [2.45, 2.75) is 18.3 Å². The standard InChI is InChI=1S/C7H14ClNO3S.C7H16N2O3S.C4H9NO2S.C4H9NS.C3H5ClO.CH4O2/c2*8-5-7(10)6-9-1-3-13(11,12)4-2-9;6-8(7)3-1-5-2-4-8;1-3-6-4-2-5-1;4-1-3-2-5-3;1-3-2/h7,10H,1-6H2;7,10H,1-6,8H2;5H,1-4H2;5H,1-4H2;3H,1-2H2;2H,1H3. The number of aliphatic hydroxyl groups is 2. The second-order valence-electron chi connectivity index (χ2n) is 11.2. The van der Waals surface area contributed by atoms with E-state index in [2.05, 4.69) is 15.5 Å². The largest absolute Gasteiger partial charge is 0.391 e. The summed E-state index contributed by atoms with van der Waals surface area (Å²) in [5.74, 6) is 4.89. The van der Waals surface area contributed by atoms with E-state index in [0.717, 1.165) is 6.61 Å². The van der Waals surface area contributed by atoms with Gasteiger partial charge in [-0.3, -0.25) is 15.1 Å². The van der Waals surface area contributed by atoms with Crippen molar-refractivity contribution in [3.05, 3.63) is 0 Å². The fraction of sp³-hybridized carbons (Fsp3) is 1.00. The number of sulfone groups is 3. The summed E-state index contributed by atoms with van der Waals surface area (Å²) in [5.41, 5.74) is 5.25. The number of nitrogens with two attached hydrogens (primary N) is 1. The Morgan fingerprint density at radius 2 is 1.17 bits per heavy atom. The number of thioether (sulfide) groups is 1. The molecule has 5 fully saturated rings. The normalized spacial score (nSPS) is 25.4. The number of β-amino-alcohol motifs (C(OH)–C–C–N with tert-alkyl or cyclic N) is 2. The number of alkyl halides is 2. The average Bonchev–Trinajstić information content (AvgIpc) is 3.90. The van der Waals surface area contributed by atoms with Gasteiger partial charge in [0, 0.05) is 89.4 Å². The number of aliphatic hydroxyl groups excluding tert-OH is 2. The van der Waals surface area contributed by atoms with E-state index in [4.69, 9.17) is 38.9 Å². The Hall–Kier alpha value is 0.380. The van der Waals surface area contributed by atoms with Gasteiger partial charge in [-0.15, -0.1) is 23.2 Å². The predicted molar refractivity (Wildman–Crippen MR) is 194 cm³/mol. The highest BCUT2D eigenvalue weighted by Gasteiger charge is 2.23. The van der Waals surface area contributed by atoms with Crippen LogP contribution in [0.3, 0.4) is 0 Å². The highest BCUT2D eigenvalue weighted by Crippen LogP contribution is 2.09. The Balaban J connectivity index is 0.000000586. The lowest BCUT2D eigenvalue weighted by Crippen LogP contribution is -2.45. The van der Waals surface area contributed by atoms with Crippen molar-refractivity contribution in [1.29, 1.82) is 0 Å². The van der Waals surface area contributed by atoms with Crippen LogP contribution in [-0.4, -0.2) is 212 Å². The molecule has 0 radical (unpaired) electrons. The molecule has 5 saturated heterocycles. The molecule has 0 aromatic carbocycles. The van der Waals surface area contributed by atoms with Gasteiger partial charge in [0.05, 0.1) is 72.4 Å². The van der Waals surface area contributed by atoms with Crippen LogP contribution in [0.15, 0.2) is 0 Å². The molecule has 0 saturated carbocycles. The topological polar surface area (TPSA) is 241 Å². The molecule has 48 heavy (non-hydrogen) atoms. The molecule has 7 N–H and O–H groups in total. The van der Waals surface area contributed by atoms with Crippen LogP contribution >= 0.6 is 35.0 Å². The Labute approximate surface area is 301 Å². The number of nitrogens with zero attached hydrogens (tertiary/aromatic N) is 2. The third kappa shape index (κ3) is 29.0. The smallest absolute Gasteiger partial charge is 0.152 e. The van der Waals surface area contributed by atoms with Gasteiger partial charge in [-0.05, 0) is 0 Å². The maximum absolute atomic E-state index is 11.0. The van der Waals surface area contributed by atoms with Crippen molar-refractivity contribution >= 4 is 64.5 Å². The van der Waals surface area contributed by atoms with Gasteiger partial charge in [0.1, 0.15) is 0 Å². The molecule has 3 unspecified atom stereocenters. The first-order chi connectivity index (χ1) is 22.6. The Morgan fingerprint density at radius 3 is 1.40 bits per heavy atom. The number of epoxide rings is 1. The number of hydrogen-bond donors (Lipinski definition) is 6. The van der Waals surface area contributed by atoms with Crippen LogP contribution in [0.4, 0.5) is 0 Å². The summed E-state index contributed by atoms with van der Waals surface area (Å²) in [4.78, 5) is 7.10. The SMILES string of the molecule is C1CSCCN1.COO.ClCC1CO1.NCC(O)CN1CCS(=O)(=O)CC1.O=S1(=O)CCN(CC(O)CCl)CC1.O=S1(=O)CCNCC1. The summed E-state index contributed by atoms with van der Waals surface area (Å²) in [6.07, 6.45) is -0.694. The number of ether oxygens (including phenoxy) is 1. The van der Waals surface area contributed by atoms with Gasteiger partial charge in [0.15, 0.2) is 29.5 Å². The second-order valence-corrected chi connectivity index (χ2v) is 19.9. The maximum Gasteiger partial charge on any atom is 0.152 e. The number of hydrogen-bond acceptors (Lipinski definition) is 17. The third-order valence-corrected chi connectivity index (χ3v) is 13.4. The lowest BCUT2D eigenvalue weighted by Gasteiger charge is -2.27. The van der Waals surface area contributed by atoms with Crippen LogP contribution in [0.5, 0.6) is 0 Å². The van der Waals surface area contributed by atoms with Crippen molar-refractivity contribution in [2.75, 3.05) is 143 Å². The molecule has 3 atom stereocenters. The number of nitrogens with one attached hydrogen (secondary N) is 2. The van der Waals surface area contributed by atoms with Crippen LogP contribution in [-0.2, 0) is 39.1 Å². The molecule has 0 amide bonds. The van der Waals surface area contributed by atoms with Crippen molar-refractivity contribution < 1.29 is 50.3 Å². The molecular weight excluding hydrogens is 757 g/mol. The third-order valence-electron chi connectivity index (χ3n) is 6.86. The van der Waals surface area contributed by atoms with Gasteiger partial charge in [0.2, 0.25) is 0 Å². The predicted octanol–water partition coefficient (Wildman–Crippen LogP) is -2.59. The lowest BCUT2D eigenvalue weighted by atomic mass is 10.3. The zero-order chi connectivity index (χ0) is 36.5. The van der Waals surface area contributed by atoms with Gasteiger partial charge in [0.25, 0.3) is 0 Å².